The molecule has 0 unspecified atom stereocenters. The highest BCUT2D eigenvalue weighted by atomic mass is 35.5. The Bertz CT molecular complexity index is 648. The molecule has 2 rings (SSSR count). The number of carbonyl (C=O) groups excluding carboxylic acids is 1. The number of rotatable bonds is 4. The fourth-order valence-corrected chi connectivity index (χ4v) is 2.97. The molecule has 0 saturated carbocycles. The van der Waals surface area contributed by atoms with Crippen LogP contribution in [0, 0.1) is 0 Å². The highest BCUT2D eigenvalue weighted by Gasteiger charge is 2.13. The first-order valence-electron chi connectivity index (χ1n) is 6.23. The molecular weight excluding hydrogens is 284 g/mol. The number of aromatic nitrogens is 1. The molecule has 1 N–H and O–H groups in total. The van der Waals surface area contributed by atoms with Gasteiger partial charge in [0.25, 0.3) is 5.56 Å². The van der Waals surface area contributed by atoms with E-state index in [0.717, 1.165) is 39.5 Å². The summed E-state index contributed by atoms with van der Waals surface area (Å²) in [5.41, 5.74) is -0.287. The maximum Gasteiger partial charge on any atom is 0.338 e. The van der Waals surface area contributed by atoms with Crippen molar-refractivity contribution in [2.75, 3.05) is 6.54 Å². The molecule has 0 atom stereocenters. The van der Waals surface area contributed by atoms with Gasteiger partial charge in [0.1, 0.15) is 0 Å². The maximum atomic E-state index is 12.0. The number of fused-ring (bicyclic) bond motifs is 1. The van der Waals surface area contributed by atoms with Crippen LogP contribution in [-0.2, 0) is 0 Å². The molecule has 6 heteroatoms. The van der Waals surface area contributed by atoms with E-state index in [1.54, 1.807) is 18.2 Å². The van der Waals surface area contributed by atoms with Gasteiger partial charge in [-0.2, -0.15) is 3.96 Å². The smallest absolute Gasteiger partial charge is 0.337 e. The van der Waals surface area contributed by atoms with Crippen molar-refractivity contribution in [3.63, 3.8) is 0 Å². The Balaban J connectivity index is 2.18. The van der Waals surface area contributed by atoms with Crippen LogP contribution < -0.4 is 10.9 Å². The number of nitrogens with one attached hydrogen (secondary N) is 1. The van der Waals surface area contributed by atoms with Crippen molar-refractivity contribution >= 4 is 39.3 Å². The lowest BCUT2D eigenvalue weighted by Gasteiger charge is -2.02. The zero-order valence-corrected chi connectivity index (χ0v) is 12.2. The minimum absolute atomic E-state index is 0.287. The van der Waals surface area contributed by atoms with Crippen LogP contribution >= 0.6 is 23.1 Å². The summed E-state index contributed by atoms with van der Waals surface area (Å²) in [6.45, 7) is 2.69. The molecule has 2 aromatic rings. The molecule has 0 aliphatic heterocycles. The van der Waals surface area contributed by atoms with Crippen LogP contribution in [0.15, 0.2) is 23.0 Å². The second-order valence-corrected chi connectivity index (χ2v) is 5.69. The Hall–Kier alpha value is -1.33. The SMILES string of the molecule is CCCCCNC(=O)n1sc2cc(Cl)ccc2c1=O. The highest BCUT2D eigenvalue weighted by molar-refractivity contribution is 7.14. The van der Waals surface area contributed by atoms with Crippen LogP contribution in [-0.4, -0.2) is 16.5 Å². The molecule has 0 aliphatic rings. The van der Waals surface area contributed by atoms with Gasteiger partial charge >= 0.3 is 6.03 Å². The van der Waals surface area contributed by atoms with Gasteiger partial charge < -0.3 is 5.32 Å². The lowest BCUT2D eigenvalue weighted by atomic mass is 10.2. The average Bonchev–Trinajstić information content (AvgIpc) is 2.71. The Morgan fingerprint density at radius 1 is 1.42 bits per heavy atom. The third kappa shape index (κ3) is 3.16. The van der Waals surface area contributed by atoms with Crippen LogP contribution in [0.2, 0.25) is 5.02 Å². The third-order valence-corrected chi connectivity index (χ3v) is 4.07. The molecule has 0 spiro atoms. The molecule has 0 saturated heterocycles. The molecule has 102 valence electrons. The fourth-order valence-electron chi connectivity index (χ4n) is 1.77. The van der Waals surface area contributed by atoms with E-state index < -0.39 is 0 Å². The van der Waals surface area contributed by atoms with Crippen LogP contribution in [0.25, 0.3) is 10.1 Å². The van der Waals surface area contributed by atoms with E-state index >= 15 is 0 Å². The number of hydrogen-bond acceptors (Lipinski definition) is 3. The summed E-state index contributed by atoms with van der Waals surface area (Å²) in [5, 5.41) is 3.84. The van der Waals surface area contributed by atoms with Gasteiger partial charge in [-0.15, -0.1) is 0 Å². The fraction of sp³-hybridized carbons (Fsp3) is 0.385. The Labute approximate surface area is 120 Å². The minimum atomic E-state index is -0.363. The molecule has 1 aromatic heterocycles. The predicted octanol–water partition coefficient (Wildman–Crippen LogP) is 3.46. The summed E-state index contributed by atoms with van der Waals surface area (Å²) < 4.78 is 1.87. The maximum absolute atomic E-state index is 12.0. The van der Waals surface area contributed by atoms with E-state index in [2.05, 4.69) is 12.2 Å². The van der Waals surface area contributed by atoms with Crippen molar-refractivity contribution < 1.29 is 4.79 Å². The minimum Gasteiger partial charge on any atom is -0.337 e. The van der Waals surface area contributed by atoms with Crippen LogP contribution in [0.5, 0.6) is 0 Å². The second-order valence-electron chi connectivity index (χ2n) is 4.27. The van der Waals surface area contributed by atoms with Crippen molar-refractivity contribution in [2.24, 2.45) is 0 Å². The van der Waals surface area contributed by atoms with E-state index in [-0.39, 0.29) is 11.6 Å². The van der Waals surface area contributed by atoms with Crippen molar-refractivity contribution in [3.05, 3.63) is 33.6 Å². The quantitative estimate of drug-likeness (QED) is 0.879. The summed E-state index contributed by atoms with van der Waals surface area (Å²) in [7, 11) is 0. The van der Waals surface area contributed by atoms with Gasteiger partial charge in [-0.1, -0.05) is 31.4 Å². The molecule has 1 heterocycles. The number of benzene rings is 1. The van der Waals surface area contributed by atoms with E-state index in [4.69, 9.17) is 11.6 Å². The third-order valence-electron chi connectivity index (χ3n) is 2.79. The van der Waals surface area contributed by atoms with Crippen LogP contribution in [0.4, 0.5) is 4.79 Å². The number of halogens is 1. The first-order chi connectivity index (χ1) is 9.13. The highest BCUT2D eigenvalue weighted by Crippen LogP contribution is 2.20. The first kappa shape index (κ1) is 14.1. The number of unbranched alkanes of at least 4 members (excludes halogenated alkanes) is 2. The van der Waals surface area contributed by atoms with Gasteiger partial charge in [-0.3, -0.25) is 4.79 Å². The molecule has 19 heavy (non-hydrogen) atoms. The number of carbonyl (C=O) groups is 1. The monoisotopic (exact) mass is 298 g/mol. The van der Waals surface area contributed by atoms with Crippen molar-refractivity contribution in [3.8, 4) is 0 Å². The van der Waals surface area contributed by atoms with Crippen molar-refractivity contribution in [1.82, 2.24) is 9.27 Å². The van der Waals surface area contributed by atoms with E-state index in [0.29, 0.717) is 17.0 Å². The molecule has 1 amide bonds. The molecule has 0 aliphatic carbocycles. The average molecular weight is 299 g/mol. The van der Waals surface area contributed by atoms with Crippen molar-refractivity contribution in [2.45, 2.75) is 26.2 Å². The number of hydrogen-bond donors (Lipinski definition) is 1. The largest absolute Gasteiger partial charge is 0.338 e. The molecule has 1 aromatic carbocycles. The van der Waals surface area contributed by atoms with Gasteiger partial charge in [0, 0.05) is 11.6 Å². The number of nitrogens with zero attached hydrogens (tertiary/aromatic N) is 1. The van der Waals surface area contributed by atoms with E-state index in [1.165, 1.54) is 0 Å². The van der Waals surface area contributed by atoms with E-state index in [1.807, 2.05) is 0 Å². The summed E-state index contributed by atoms with van der Waals surface area (Å²) in [5.74, 6) is 0. The zero-order chi connectivity index (χ0) is 13.8. The first-order valence-corrected chi connectivity index (χ1v) is 7.38. The summed E-state index contributed by atoms with van der Waals surface area (Å²) >= 11 is 6.99. The molecule has 4 nitrogen and oxygen atoms in total. The summed E-state index contributed by atoms with van der Waals surface area (Å²) in [6.07, 6.45) is 3.09. The van der Waals surface area contributed by atoms with E-state index in [9.17, 15) is 9.59 Å². The van der Waals surface area contributed by atoms with Crippen LogP contribution in [0.1, 0.15) is 26.2 Å². The lowest BCUT2D eigenvalue weighted by molar-refractivity contribution is 0.243. The summed E-state index contributed by atoms with van der Waals surface area (Å²) in [4.78, 5) is 24.0. The molecule has 0 fully saturated rings. The molecule has 0 radical (unpaired) electrons. The predicted molar refractivity (Wildman–Crippen MR) is 79.4 cm³/mol. The number of amides is 1. The van der Waals surface area contributed by atoms with Gasteiger partial charge in [0.2, 0.25) is 0 Å². The molecular formula is C13H15ClN2O2S. The topological polar surface area (TPSA) is 51.1 Å². The normalized spacial score (nSPS) is 10.8. The Morgan fingerprint density at radius 2 is 2.21 bits per heavy atom. The van der Waals surface area contributed by atoms with Crippen LogP contribution in [0.3, 0.4) is 0 Å². The van der Waals surface area contributed by atoms with Gasteiger partial charge in [-0.05, 0) is 36.2 Å². The van der Waals surface area contributed by atoms with Gasteiger partial charge in [-0.25, -0.2) is 4.79 Å². The zero-order valence-electron chi connectivity index (χ0n) is 10.6. The Kier molecular flexibility index (Phi) is 4.61. The van der Waals surface area contributed by atoms with Gasteiger partial charge in [0.15, 0.2) is 0 Å². The second kappa shape index (κ2) is 6.21. The van der Waals surface area contributed by atoms with Gasteiger partial charge in [0.05, 0.1) is 10.1 Å². The summed E-state index contributed by atoms with van der Waals surface area (Å²) in [6, 6.07) is 4.64. The lowest BCUT2D eigenvalue weighted by Crippen LogP contribution is -2.33. The van der Waals surface area contributed by atoms with Crippen molar-refractivity contribution in [1.29, 1.82) is 0 Å². The Morgan fingerprint density at radius 3 is 2.95 bits per heavy atom. The standard InChI is InChI=1S/C13H15ClN2O2S/c1-2-3-4-7-15-13(18)16-12(17)10-6-5-9(14)8-11(10)19-16/h5-6,8H,2-4,7H2,1H3,(H,15,18). The molecule has 0 bridgehead atoms.